The number of aromatic hydroxyl groups is 1. The van der Waals surface area contributed by atoms with Gasteiger partial charge in [-0.2, -0.15) is 0 Å². The SMILES string of the molecule is O=C(O)CCCCCN1C(=O)[C@H]2[C@H](CC=C3[C@H]2C[C@@]2(Cl)C(=O)N(c4c(F)c(F)c(F)c(F)c4F)C(=O)[C@@]2(Cl)[C@H]3c2ccc(O)c(F)c2)C1=O. The van der Waals surface area contributed by atoms with E-state index in [2.05, 4.69) is 0 Å². The van der Waals surface area contributed by atoms with E-state index in [0.717, 1.165) is 23.1 Å². The van der Waals surface area contributed by atoms with Gasteiger partial charge >= 0.3 is 5.97 Å². The number of rotatable bonds is 8. The zero-order chi connectivity index (χ0) is 35.9. The molecule has 4 aliphatic rings. The number of anilines is 1. The van der Waals surface area contributed by atoms with Gasteiger partial charge in [0.15, 0.2) is 44.6 Å². The first kappa shape index (κ1) is 34.7. The number of phenolic OH excluding ortho intramolecular Hbond substituents is 1. The molecular weight excluding hydrogens is 709 g/mol. The number of carbonyl (C=O) groups excluding carboxylic acids is 4. The number of halogens is 8. The zero-order valence-electron chi connectivity index (χ0n) is 24.9. The van der Waals surface area contributed by atoms with Crippen LogP contribution in [0.1, 0.15) is 50.0 Å². The maximum atomic E-state index is 15.1. The monoisotopic (exact) mass is 732 g/mol. The first-order chi connectivity index (χ1) is 23.0. The summed E-state index contributed by atoms with van der Waals surface area (Å²) in [7, 11) is 0. The van der Waals surface area contributed by atoms with Crippen LogP contribution >= 0.6 is 23.2 Å². The van der Waals surface area contributed by atoms with Gasteiger partial charge in [0.05, 0.1) is 11.8 Å². The third-order valence-electron chi connectivity index (χ3n) is 9.89. The highest BCUT2D eigenvalue weighted by Crippen LogP contribution is 2.66. The molecule has 2 heterocycles. The first-order valence-electron chi connectivity index (χ1n) is 15.0. The number of aliphatic carboxylic acids is 1. The van der Waals surface area contributed by atoms with Crippen molar-refractivity contribution in [1.82, 2.24) is 4.90 Å². The molecule has 0 spiro atoms. The minimum absolute atomic E-state index is 0.0597. The molecule has 0 bridgehead atoms. The molecule has 9 nitrogen and oxygen atoms in total. The molecule has 6 atom stereocenters. The Kier molecular flexibility index (Phi) is 8.54. The first-order valence-corrected chi connectivity index (χ1v) is 15.8. The van der Waals surface area contributed by atoms with Crippen LogP contribution in [0, 0.1) is 52.7 Å². The molecule has 260 valence electrons. The Morgan fingerprint density at radius 2 is 1.49 bits per heavy atom. The molecule has 2 N–H and O–H groups in total. The summed E-state index contributed by atoms with van der Waals surface area (Å²) >= 11 is 13.9. The van der Waals surface area contributed by atoms with Crippen LogP contribution in [0.5, 0.6) is 5.75 Å². The lowest BCUT2D eigenvalue weighted by molar-refractivity contribution is -0.141. The van der Waals surface area contributed by atoms with Crippen molar-refractivity contribution in [2.24, 2.45) is 17.8 Å². The number of carboxylic acids is 1. The van der Waals surface area contributed by atoms with Crippen LogP contribution < -0.4 is 4.90 Å². The number of likely N-dealkylation sites (tertiary alicyclic amines) is 1. The number of carbonyl (C=O) groups is 5. The van der Waals surface area contributed by atoms with Gasteiger partial charge < -0.3 is 10.2 Å². The zero-order valence-corrected chi connectivity index (χ0v) is 26.4. The summed E-state index contributed by atoms with van der Waals surface area (Å²) in [5.41, 5.74) is -2.01. The highest BCUT2D eigenvalue weighted by atomic mass is 35.5. The van der Waals surface area contributed by atoms with Crippen molar-refractivity contribution in [1.29, 1.82) is 0 Å². The second kappa shape index (κ2) is 12.0. The molecule has 2 aromatic rings. The Balaban J connectivity index is 1.47. The van der Waals surface area contributed by atoms with Crippen LogP contribution in [0.25, 0.3) is 0 Å². The van der Waals surface area contributed by atoms with Crippen molar-refractivity contribution in [3.8, 4) is 5.75 Å². The normalized spacial score (nSPS) is 29.3. The Hall–Kier alpha value is -4.11. The van der Waals surface area contributed by atoms with Crippen LogP contribution in [0.3, 0.4) is 0 Å². The summed E-state index contributed by atoms with van der Waals surface area (Å²) in [6.45, 7) is -0.0597. The molecule has 17 heteroatoms. The van der Waals surface area contributed by atoms with Gasteiger partial charge in [-0.3, -0.25) is 28.9 Å². The van der Waals surface area contributed by atoms with Gasteiger partial charge in [-0.25, -0.2) is 31.2 Å². The van der Waals surface area contributed by atoms with Crippen molar-refractivity contribution in [2.75, 3.05) is 11.4 Å². The van der Waals surface area contributed by atoms with Gasteiger partial charge in [0.25, 0.3) is 11.8 Å². The summed E-state index contributed by atoms with van der Waals surface area (Å²) in [5.74, 6) is -25.3. The van der Waals surface area contributed by atoms with E-state index in [1.807, 2.05) is 0 Å². The summed E-state index contributed by atoms with van der Waals surface area (Å²) in [4.78, 5) is 61.5. The predicted molar refractivity (Wildman–Crippen MR) is 157 cm³/mol. The fraction of sp³-hybridized carbons (Fsp3) is 0.406. The van der Waals surface area contributed by atoms with E-state index >= 15 is 8.78 Å². The van der Waals surface area contributed by atoms with Crippen LogP contribution in [0.2, 0.25) is 0 Å². The molecule has 6 rings (SSSR count). The number of hydrogen-bond acceptors (Lipinski definition) is 6. The minimum Gasteiger partial charge on any atom is -0.505 e. The topological polar surface area (TPSA) is 132 Å². The highest BCUT2D eigenvalue weighted by Gasteiger charge is 2.77. The van der Waals surface area contributed by atoms with Crippen LogP contribution in [0.15, 0.2) is 29.8 Å². The van der Waals surface area contributed by atoms with E-state index in [9.17, 15) is 46.6 Å². The van der Waals surface area contributed by atoms with Gasteiger partial charge in [0.1, 0.15) is 5.69 Å². The lowest BCUT2D eigenvalue weighted by Crippen LogP contribution is -2.60. The van der Waals surface area contributed by atoms with Crippen molar-refractivity contribution in [3.05, 3.63) is 70.3 Å². The number of hydrogen-bond donors (Lipinski definition) is 2. The minimum atomic E-state index is -2.82. The van der Waals surface area contributed by atoms with Crippen molar-refractivity contribution in [3.63, 3.8) is 0 Å². The summed E-state index contributed by atoms with van der Waals surface area (Å²) in [6.07, 6.45) is 1.47. The highest BCUT2D eigenvalue weighted by molar-refractivity contribution is 6.58. The molecule has 49 heavy (non-hydrogen) atoms. The van der Waals surface area contributed by atoms with Crippen LogP contribution in [0.4, 0.5) is 32.0 Å². The van der Waals surface area contributed by atoms with Crippen LogP contribution in [-0.4, -0.2) is 61.0 Å². The van der Waals surface area contributed by atoms with Crippen molar-refractivity contribution < 1.29 is 60.5 Å². The molecule has 1 saturated carbocycles. The molecule has 0 radical (unpaired) electrons. The Bertz CT molecular complexity index is 1860. The fourth-order valence-electron chi connectivity index (χ4n) is 7.65. The van der Waals surface area contributed by atoms with Crippen molar-refractivity contribution >= 4 is 58.5 Å². The Labute approximate surface area is 283 Å². The molecule has 2 saturated heterocycles. The maximum absolute atomic E-state index is 15.1. The molecule has 2 aliphatic carbocycles. The largest absolute Gasteiger partial charge is 0.505 e. The van der Waals surface area contributed by atoms with Crippen molar-refractivity contribution in [2.45, 2.75) is 54.2 Å². The average molecular weight is 733 g/mol. The van der Waals surface area contributed by atoms with Crippen LogP contribution in [-0.2, 0) is 24.0 Å². The molecule has 3 fully saturated rings. The number of allylic oxidation sites excluding steroid dienone is 2. The number of amides is 4. The average Bonchev–Trinajstić information content (AvgIpc) is 3.38. The standard InChI is InChI=1S/C32H24Cl2F6N2O7/c33-31-11-15-13(6-7-14-19(15)28(47)41(27(14)46)9-3-1-2-4-18(44)45)20(12-5-8-17(43)16(35)10-12)32(31,34)30(49)42(29(31)48)26-24(39)22(37)21(36)23(38)25(26)40/h5-6,8,10,14-15,19-20,43H,1-4,7,9,11H2,(H,44,45)/t14-,15+,19-,20-,31+,32-/m0/s1. The number of fused-ring (bicyclic) bond motifs is 4. The molecule has 2 aliphatic heterocycles. The second-order valence-electron chi connectivity index (χ2n) is 12.4. The third kappa shape index (κ3) is 4.86. The predicted octanol–water partition coefficient (Wildman–Crippen LogP) is 5.44. The summed E-state index contributed by atoms with van der Waals surface area (Å²) < 4.78 is 87.5. The molecule has 0 unspecified atom stereocenters. The molecule has 4 amide bonds. The van der Waals surface area contributed by atoms with E-state index in [-0.39, 0.29) is 41.8 Å². The van der Waals surface area contributed by atoms with E-state index in [1.165, 1.54) is 6.08 Å². The Morgan fingerprint density at radius 1 is 0.857 bits per heavy atom. The van der Waals surface area contributed by atoms with E-state index in [4.69, 9.17) is 28.3 Å². The number of benzene rings is 2. The summed E-state index contributed by atoms with van der Waals surface area (Å²) in [6, 6.07) is 2.75. The van der Waals surface area contributed by atoms with E-state index < -0.39 is 116 Å². The number of unbranched alkanes of at least 4 members (excludes halogenated alkanes) is 2. The van der Waals surface area contributed by atoms with Gasteiger partial charge in [0.2, 0.25) is 17.6 Å². The second-order valence-corrected chi connectivity index (χ2v) is 13.7. The number of nitrogens with zero attached hydrogens (tertiary/aromatic N) is 2. The lowest BCUT2D eigenvalue weighted by atomic mass is 9.56. The third-order valence-corrected chi connectivity index (χ3v) is 11.3. The van der Waals surface area contributed by atoms with Gasteiger partial charge in [0, 0.05) is 18.9 Å². The van der Waals surface area contributed by atoms with E-state index in [1.54, 1.807) is 0 Å². The van der Waals surface area contributed by atoms with Gasteiger partial charge in [-0.1, -0.05) is 24.1 Å². The maximum Gasteiger partial charge on any atom is 0.303 e. The molecule has 0 aromatic heterocycles. The fourth-order valence-corrected chi connectivity index (χ4v) is 8.59. The molecular formula is C32H24Cl2F6N2O7. The lowest BCUT2D eigenvalue weighted by Gasteiger charge is -2.50. The number of phenols is 1. The Morgan fingerprint density at radius 3 is 2.10 bits per heavy atom. The number of alkyl halides is 2. The number of carboxylic acid groups (broad SMARTS) is 1. The van der Waals surface area contributed by atoms with Gasteiger partial charge in [-0.15, -0.1) is 23.2 Å². The quantitative estimate of drug-likeness (QED) is 0.0704. The smallest absolute Gasteiger partial charge is 0.303 e. The van der Waals surface area contributed by atoms with Gasteiger partial charge in [-0.05, 0) is 49.3 Å². The van der Waals surface area contributed by atoms with E-state index in [0.29, 0.717) is 12.8 Å². The number of imide groups is 2. The molecule has 2 aromatic carbocycles. The summed E-state index contributed by atoms with van der Waals surface area (Å²) in [5, 5.41) is 18.7.